The normalized spacial score (nSPS) is 13.7. The molecule has 0 atom stereocenters. The fourth-order valence-electron chi connectivity index (χ4n) is 2.39. The number of carbonyl (C=O) groups excluding carboxylic acids is 1. The first-order valence-electron chi connectivity index (χ1n) is 7.89. The number of pyridine rings is 1. The average molecular weight is 341 g/mol. The fourth-order valence-corrected chi connectivity index (χ4v) is 3.37. The number of rotatable bonds is 5. The molecule has 5 nitrogen and oxygen atoms in total. The van der Waals surface area contributed by atoms with E-state index in [9.17, 15) is 4.79 Å². The van der Waals surface area contributed by atoms with Crippen molar-refractivity contribution in [3.05, 3.63) is 59.9 Å². The Morgan fingerprint density at radius 2 is 2.12 bits per heavy atom. The third-order valence-corrected chi connectivity index (χ3v) is 4.64. The van der Waals surface area contributed by atoms with Gasteiger partial charge in [0.25, 0.3) is 5.91 Å². The van der Waals surface area contributed by atoms with Crippen LogP contribution in [0.4, 0.5) is 0 Å². The van der Waals surface area contributed by atoms with Crippen LogP contribution < -0.4 is 4.74 Å². The van der Waals surface area contributed by atoms with E-state index in [1.54, 1.807) is 35.0 Å². The summed E-state index contributed by atoms with van der Waals surface area (Å²) in [4.78, 5) is 23.0. The second-order valence-corrected chi connectivity index (χ2v) is 6.17. The lowest BCUT2D eigenvalue weighted by molar-refractivity contribution is 0.0860. The molecule has 124 valence electrons. The van der Waals surface area contributed by atoms with Gasteiger partial charge in [0, 0.05) is 30.3 Å². The molecule has 1 amide bonds. The van der Waals surface area contributed by atoms with Gasteiger partial charge < -0.3 is 4.74 Å². The molecule has 6 heteroatoms. The molecule has 0 aliphatic carbocycles. The number of benzene rings is 1. The Bertz CT molecular complexity index is 717. The Labute approximate surface area is 145 Å². The number of nitrogens with zero attached hydrogens (tertiary/aromatic N) is 3. The molecule has 1 aromatic carbocycles. The van der Waals surface area contributed by atoms with Crippen LogP contribution in [0, 0.1) is 0 Å². The largest absolute Gasteiger partial charge is 0.494 e. The third-order valence-electron chi connectivity index (χ3n) is 3.55. The number of aromatic nitrogens is 1. The SMILES string of the molecule is CCOc1ccc(C(=O)N2CCN=C2SCc2cccnc2)cc1. The number of amidine groups is 1. The van der Waals surface area contributed by atoms with E-state index in [0.29, 0.717) is 25.3 Å². The highest BCUT2D eigenvalue weighted by Gasteiger charge is 2.25. The Morgan fingerprint density at radius 3 is 2.83 bits per heavy atom. The predicted molar refractivity (Wildman–Crippen MR) is 96.5 cm³/mol. The molecule has 1 aliphatic heterocycles. The lowest BCUT2D eigenvalue weighted by Crippen LogP contribution is -2.32. The van der Waals surface area contributed by atoms with E-state index in [1.807, 2.05) is 37.4 Å². The van der Waals surface area contributed by atoms with Crippen molar-refractivity contribution in [1.82, 2.24) is 9.88 Å². The van der Waals surface area contributed by atoms with Crippen LogP contribution in [0.5, 0.6) is 5.75 Å². The molecule has 0 radical (unpaired) electrons. The summed E-state index contributed by atoms with van der Waals surface area (Å²) in [5.41, 5.74) is 1.76. The highest BCUT2D eigenvalue weighted by molar-refractivity contribution is 8.13. The first kappa shape index (κ1) is 16.5. The van der Waals surface area contributed by atoms with Crippen LogP contribution >= 0.6 is 11.8 Å². The van der Waals surface area contributed by atoms with Gasteiger partial charge in [0.05, 0.1) is 13.2 Å². The van der Waals surface area contributed by atoms with Gasteiger partial charge in [-0.3, -0.25) is 19.7 Å². The third kappa shape index (κ3) is 3.94. The molecule has 0 saturated heterocycles. The van der Waals surface area contributed by atoms with Crippen molar-refractivity contribution >= 4 is 22.8 Å². The topological polar surface area (TPSA) is 54.8 Å². The summed E-state index contributed by atoms with van der Waals surface area (Å²) < 4.78 is 5.42. The van der Waals surface area contributed by atoms with Gasteiger partial charge in [-0.05, 0) is 42.8 Å². The first-order valence-corrected chi connectivity index (χ1v) is 8.87. The monoisotopic (exact) mass is 341 g/mol. The Kier molecular flexibility index (Phi) is 5.48. The Morgan fingerprint density at radius 1 is 1.29 bits per heavy atom. The van der Waals surface area contributed by atoms with Gasteiger partial charge in [-0.2, -0.15) is 0 Å². The quantitative estimate of drug-likeness (QED) is 0.838. The van der Waals surface area contributed by atoms with Crippen molar-refractivity contribution in [3.63, 3.8) is 0 Å². The second-order valence-electron chi connectivity index (χ2n) is 5.23. The molecule has 0 saturated carbocycles. The zero-order valence-corrected chi connectivity index (χ0v) is 14.3. The van der Waals surface area contributed by atoms with Crippen molar-refractivity contribution < 1.29 is 9.53 Å². The zero-order chi connectivity index (χ0) is 16.8. The maximum Gasteiger partial charge on any atom is 0.259 e. The summed E-state index contributed by atoms with van der Waals surface area (Å²) in [5, 5.41) is 0.776. The van der Waals surface area contributed by atoms with Gasteiger partial charge in [0.15, 0.2) is 5.17 Å². The van der Waals surface area contributed by atoms with Crippen LogP contribution in [0.3, 0.4) is 0 Å². The zero-order valence-electron chi connectivity index (χ0n) is 13.5. The van der Waals surface area contributed by atoms with Crippen LogP contribution in [-0.4, -0.2) is 40.7 Å². The first-order chi connectivity index (χ1) is 11.8. The molecule has 0 bridgehead atoms. The second kappa shape index (κ2) is 7.97. The van der Waals surface area contributed by atoms with Gasteiger partial charge in [0.1, 0.15) is 5.75 Å². The minimum Gasteiger partial charge on any atom is -0.494 e. The molecule has 2 heterocycles. The summed E-state index contributed by atoms with van der Waals surface area (Å²) in [7, 11) is 0. The summed E-state index contributed by atoms with van der Waals surface area (Å²) in [6.07, 6.45) is 3.59. The number of amides is 1. The van der Waals surface area contributed by atoms with E-state index in [0.717, 1.165) is 22.2 Å². The highest BCUT2D eigenvalue weighted by Crippen LogP contribution is 2.22. The maximum atomic E-state index is 12.7. The molecule has 1 aromatic heterocycles. The fraction of sp³-hybridized carbons (Fsp3) is 0.278. The van der Waals surface area contributed by atoms with Crippen LogP contribution in [0.1, 0.15) is 22.8 Å². The standard InChI is InChI=1S/C18H19N3O2S/c1-2-23-16-7-5-15(6-8-16)17(22)21-11-10-20-18(21)24-13-14-4-3-9-19-12-14/h3-9,12H,2,10-11,13H2,1H3. The number of thioether (sulfide) groups is 1. The molecule has 1 aliphatic rings. The Balaban J connectivity index is 1.64. The molecular formula is C18H19N3O2S. The lowest BCUT2D eigenvalue weighted by Gasteiger charge is -2.18. The van der Waals surface area contributed by atoms with Crippen LogP contribution in [0.25, 0.3) is 0 Å². The van der Waals surface area contributed by atoms with Crippen LogP contribution in [-0.2, 0) is 5.75 Å². The number of hydrogen-bond acceptors (Lipinski definition) is 5. The van der Waals surface area contributed by atoms with Crippen molar-refractivity contribution in [1.29, 1.82) is 0 Å². The highest BCUT2D eigenvalue weighted by atomic mass is 32.2. The van der Waals surface area contributed by atoms with E-state index in [2.05, 4.69) is 9.98 Å². The van der Waals surface area contributed by atoms with Crippen LogP contribution in [0.15, 0.2) is 53.8 Å². The lowest BCUT2D eigenvalue weighted by atomic mass is 10.2. The van der Waals surface area contributed by atoms with E-state index in [4.69, 9.17) is 4.74 Å². The van der Waals surface area contributed by atoms with E-state index >= 15 is 0 Å². The molecule has 0 fully saturated rings. The predicted octanol–water partition coefficient (Wildman–Crippen LogP) is 3.23. The molecule has 0 N–H and O–H groups in total. The van der Waals surface area contributed by atoms with Crippen molar-refractivity contribution in [3.8, 4) is 5.75 Å². The number of ether oxygens (including phenoxy) is 1. The summed E-state index contributed by atoms with van der Waals surface area (Å²) >= 11 is 1.57. The van der Waals surface area contributed by atoms with Crippen molar-refractivity contribution in [2.75, 3.05) is 19.7 Å². The average Bonchev–Trinajstić information content (AvgIpc) is 3.10. The number of aliphatic imine (C=N–C) groups is 1. The van der Waals surface area contributed by atoms with Gasteiger partial charge >= 0.3 is 0 Å². The molecule has 2 aromatic rings. The van der Waals surface area contributed by atoms with Gasteiger partial charge in [-0.25, -0.2) is 0 Å². The minimum atomic E-state index is -0.0204. The van der Waals surface area contributed by atoms with Gasteiger partial charge in [0.2, 0.25) is 0 Å². The van der Waals surface area contributed by atoms with Crippen molar-refractivity contribution in [2.45, 2.75) is 12.7 Å². The maximum absolute atomic E-state index is 12.7. The summed E-state index contributed by atoms with van der Waals surface area (Å²) in [5.74, 6) is 1.50. The molecule has 0 spiro atoms. The summed E-state index contributed by atoms with van der Waals surface area (Å²) in [6, 6.07) is 11.2. The molecule has 24 heavy (non-hydrogen) atoms. The molecule has 0 unspecified atom stereocenters. The minimum absolute atomic E-state index is 0.0204. The van der Waals surface area contributed by atoms with E-state index in [-0.39, 0.29) is 5.91 Å². The van der Waals surface area contributed by atoms with Gasteiger partial charge in [-0.1, -0.05) is 17.8 Å². The smallest absolute Gasteiger partial charge is 0.259 e. The molecule has 3 rings (SSSR count). The van der Waals surface area contributed by atoms with E-state index in [1.165, 1.54) is 0 Å². The Hall–Kier alpha value is -2.34. The number of hydrogen-bond donors (Lipinski definition) is 0. The van der Waals surface area contributed by atoms with Crippen molar-refractivity contribution in [2.24, 2.45) is 4.99 Å². The summed E-state index contributed by atoms with van der Waals surface area (Å²) in [6.45, 7) is 3.83. The van der Waals surface area contributed by atoms with E-state index < -0.39 is 0 Å². The van der Waals surface area contributed by atoms with Crippen LogP contribution in [0.2, 0.25) is 0 Å². The molecular weight excluding hydrogens is 322 g/mol. The van der Waals surface area contributed by atoms with Gasteiger partial charge in [-0.15, -0.1) is 0 Å². The number of carbonyl (C=O) groups is 1.